The van der Waals surface area contributed by atoms with E-state index in [-0.39, 0.29) is 12.4 Å². The van der Waals surface area contributed by atoms with Crippen molar-refractivity contribution in [2.45, 2.75) is 13.0 Å². The van der Waals surface area contributed by atoms with Crippen molar-refractivity contribution < 1.29 is 21.9 Å². The van der Waals surface area contributed by atoms with Crippen LogP contribution < -0.4 is 27.6 Å². The molecule has 1 aromatic carbocycles. The molecular weight excluding hydrogens is 237 g/mol. The molecule has 2 N–H and O–H groups in total. The SMILES string of the molecule is NCc1cc(Cl)c2c(c1)OCCCO2.[Cl-]. The highest BCUT2D eigenvalue weighted by Crippen LogP contribution is 2.37. The first kappa shape index (κ1) is 12.4. The van der Waals surface area contributed by atoms with Gasteiger partial charge in [-0.15, -0.1) is 0 Å². The summed E-state index contributed by atoms with van der Waals surface area (Å²) in [6, 6.07) is 3.70. The van der Waals surface area contributed by atoms with Gasteiger partial charge in [0.25, 0.3) is 0 Å². The van der Waals surface area contributed by atoms with Crippen LogP contribution in [0.5, 0.6) is 11.5 Å². The number of hydrogen-bond acceptors (Lipinski definition) is 3. The quantitative estimate of drug-likeness (QED) is 0.691. The second-order valence-electron chi connectivity index (χ2n) is 3.16. The van der Waals surface area contributed by atoms with Gasteiger partial charge in [0.2, 0.25) is 0 Å². The lowest BCUT2D eigenvalue weighted by atomic mass is 10.2. The molecule has 1 aromatic rings. The Labute approximate surface area is 99.9 Å². The predicted octanol–water partition coefficient (Wildman–Crippen LogP) is -1.04. The number of nitrogens with two attached hydrogens (primary N) is 1. The predicted molar refractivity (Wildman–Crippen MR) is 55.0 cm³/mol. The third kappa shape index (κ3) is 2.68. The normalized spacial score (nSPS) is 14.0. The summed E-state index contributed by atoms with van der Waals surface area (Å²) in [7, 11) is 0. The van der Waals surface area contributed by atoms with Gasteiger partial charge < -0.3 is 27.6 Å². The van der Waals surface area contributed by atoms with Gasteiger partial charge in [0.05, 0.1) is 18.2 Å². The van der Waals surface area contributed by atoms with E-state index in [1.54, 1.807) is 0 Å². The summed E-state index contributed by atoms with van der Waals surface area (Å²) >= 11 is 6.04. The lowest BCUT2D eigenvalue weighted by molar-refractivity contribution is -0.00000372. The fourth-order valence-corrected chi connectivity index (χ4v) is 1.69. The number of rotatable bonds is 1. The van der Waals surface area contributed by atoms with E-state index in [1.807, 2.05) is 12.1 Å². The Morgan fingerprint density at radius 2 is 2.00 bits per heavy atom. The highest BCUT2D eigenvalue weighted by Gasteiger charge is 2.14. The number of ether oxygens (including phenoxy) is 2. The molecule has 1 aliphatic rings. The second-order valence-corrected chi connectivity index (χ2v) is 3.57. The summed E-state index contributed by atoms with van der Waals surface area (Å²) in [5.74, 6) is 1.34. The van der Waals surface area contributed by atoms with Crippen LogP contribution in [0.25, 0.3) is 0 Å². The average Bonchev–Trinajstić information content (AvgIpc) is 2.42. The number of halogens is 2. The topological polar surface area (TPSA) is 44.5 Å². The molecule has 15 heavy (non-hydrogen) atoms. The van der Waals surface area contributed by atoms with Crippen LogP contribution in [0.3, 0.4) is 0 Å². The highest BCUT2D eigenvalue weighted by molar-refractivity contribution is 6.32. The standard InChI is InChI=1S/C10H12ClNO2.ClH/c11-8-4-7(6-12)5-9-10(8)14-3-1-2-13-9;/h4-5H,1-3,6,12H2;1H/p-1. The fraction of sp³-hybridized carbons (Fsp3) is 0.400. The first-order valence-corrected chi connectivity index (χ1v) is 4.97. The maximum atomic E-state index is 6.04. The Morgan fingerprint density at radius 3 is 2.73 bits per heavy atom. The van der Waals surface area contributed by atoms with E-state index >= 15 is 0 Å². The molecule has 0 bridgehead atoms. The van der Waals surface area contributed by atoms with Crippen molar-refractivity contribution in [3.8, 4) is 11.5 Å². The molecule has 5 heteroatoms. The van der Waals surface area contributed by atoms with Gasteiger partial charge in [-0.05, 0) is 17.7 Å². The molecule has 0 saturated carbocycles. The van der Waals surface area contributed by atoms with E-state index in [0.29, 0.717) is 36.3 Å². The Hall–Kier alpha value is -0.640. The summed E-state index contributed by atoms with van der Waals surface area (Å²) in [6.07, 6.45) is 0.878. The van der Waals surface area contributed by atoms with E-state index < -0.39 is 0 Å². The highest BCUT2D eigenvalue weighted by atomic mass is 35.5. The second kappa shape index (κ2) is 5.45. The van der Waals surface area contributed by atoms with Gasteiger partial charge in [-0.3, -0.25) is 0 Å². The van der Waals surface area contributed by atoms with Crippen LogP contribution in [0.1, 0.15) is 12.0 Å². The van der Waals surface area contributed by atoms with Crippen molar-refractivity contribution in [1.82, 2.24) is 0 Å². The van der Waals surface area contributed by atoms with Crippen LogP contribution in [0, 0.1) is 0 Å². The van der Waals surface area contributed by atoms with Crippen molar-refractivity contribution in [3.05, 3.63) is 22.7 Å². The Balaban J connectivity index is 0.00000112. The first-order chi connectivity index (χ1) is 6.81. The Kier molecular flexibility index (Phi) is 4.51. The summed E-state index contributed by atoms with van der Waals surface area (Å²) in [5.41, 5.74) is 6.49. The molecule has 0 aromatic heterocycles. The van der Waals surface area contributed by atoms with Crippen molar-refractivity contribution in [3.63, 3.8) is 0 Å². The molecule has 1 heterocycles. The molecular formula is C10H12Cl2NO2-. The van der Waals surface area contributed by atoms with Crippen molar-refractivity contribution in [2.75, 3.05) is 13.2 Å². The molecule has 0 radical (unpaired) electrons. The van der Waals surface area contributed by atoms with Crippen molar-refractivity contribution in [2.24, 2.45) is 5.73 Å². The minimum Gasteiger partial charge on any atom is -1.00 e. The largest absolute Gasteiger partial charge is 1.00 e. The number of hydrogen-bond donors (Lipinski definition) is 1. The summed E-state index contributed by atoms with van der Waals surface area (Å²) < 4.78 is 11.0. The molecule has 0 saturated heterocycles. The maximum Gasteiger partial charge on any atom is 0.179 e. The average molecular weight is 249 g/mol. The molecule has 0 spiro atoms. The zero-order chi connectivity index (χ0) is 9.97. The van der Waals surface area contributed by atoms with E-state index in [0.717, 1.165) is 12.0 Å². The third-order valence-corrected chi connectivity index (χ3v) is 2.38. The zero-order valence-electron chi connectivity index (χ0n) is 8.13. The van der Waals surface area contributed by atoms with Crippen LogP contribution in [-0.2, 0) is 6.54 Å². The summed E-state index contributed by atoms with van der Waals surface area (Å²) in [6.45, 7) is 1.77. The van der Waals surface area contributed by atoms with Gasteiger partial charge in [0.15, 0.2) is 11.5 Å². The third-order valence-electron chi connectivity index (χ3n) is 2.10. The molecule has 2 rings (SSSR count). The van der Waals surface area contributed by atoms with E-state index in [2.05, 4.69) is 0 Å². The van der Waals surface area contributed by atoms with Gasteiger partial charge in [-0.25, -0.2) is 0 Å². The molecule has 84 valence electrons. The van der Waals surface area contributed by atoms with Gasteiger partial charge in [-0.1, -0.05) is 11.6 Å². The van der Waals surface area contributed by atoms with Crippen LogP contribution in [0.15, 0.2) is 12.1 Å². The molecule has 0 fully saturated rings. The summed E-state index contributed by atoms with van der Waals surface area (Å²) in [5, 5.41) is 0.574. The van der Waals surface area contributed by atoms with E-state index in [1.165, 1.54) is 0 Å². The fourth-order valence-electron chi connectivity index (χ4n) is 1.40. The van der Waals surface area contributed by atoms with Crippen LogP contribution in [0.4, 0.5) is 0 Å². The minimum atomic E-state index is 0. The van der Waals surface area contributed by atoms with Gasteiger partial charge in [-0.2, -0.15) is 0 Å². The molecule has 3 nitrogen and oxygen atoms in total. The van der Waals surface area contributed by atoms with E-state index in [9.17, 15) is 0 Å². The van der Waals surface area contributed by atoms with Gasteiger partial charge >= 0.3 is 0 Å². The Bertz CT molecular complexity index is 344. The van der Waals surface area contributed by atoms with Gasteiger partial charge in [0, 0.05) is 13.0 Å². The summed E-state index contributed by atoms with van der Waals surface area (Å²) in [4.78, 5) is 0. The number of fused-ring (bicyclic) bond motifs is 1. The van der Waals surface area contributed by atoms with Gasteiger partial charge in [0.1, 0.15) is 0 Å². The number of benzene rings is 1. The van der Waals surface area contributed by atoms with Crippen molar-refractivity contribution >= 4 is 11.6 Å². The lowest BCUT2D eigenvalue weighted by Gasteiger charge is -2.10. The minimum absolute atomic E-state index is 0. The monoisotopic (exact) mass is 248 g/mol. The van der Waals surface area contributed by atoms with Crippen LogP contribution >= 0.6 is 11.6 Å². The zero-order valence-corrected chi connectivity index (χ0v) is 9.64. The maximum absolute atomic E-state index is 6.04. The smallest absolute Gasteiger partial charge is 0.179 e. The molecule has 0 unspecified atom stereocenters. The van der Waals surface area contributed by atoms with Crippen LogP contribution in [-0.4, -0.2) is 13.2 Å². The lowest BCUT2D eigenvalue weighted by Crippen LogP contribution is -3.00. The van der Waals surface area contributed by atoms with E-state index in [4.69, 9.17) is 26.8 Å². The molecule has 1 aliphatic heterocycles. The molecule has 0 atom stereocenters. The van der Waals surface area contributed by atoms with Crippen LogP contribution in [0.2, 0.25) is 5.02 Å². The van der Waals surface area contributed by atoms with Crippen molar-refractivity contribution in [1.29, 1.82) is 0 Å². The molecule has 0 amide bonds. The Morgan fingerprint density at radius 1 is 1.27 bits per heavy atom. The molecule has 0 aliphatic carbocycles. The first-order valence-electron chi connectivity index (χ1n) is 4.59.